The first kappa shape index (κ1) is 18.6. The van der Waals surface area contributed by atoms with Crippen molar-refractivity contribution < 1.29 is 19.5 Å². The molecule has 0 bridgehead atoms. The zero-order chi connectivity index (χ0) is 16.7. The number of nitrogens with one attached hydrogen (secondary N) is 2. The Kier molecular flexibility index (Phi) is 7.53. The van der Waals surface area contributed by atoms with Gasteiger partial charge in [0.2, 0.25) is 5.91 Å². The van der Waals surface area contributed by atoms with Gasteiger partial charge in [-0.1, -0.05) is 13.3 Å². The SMILES string of the molecule is CCCC(CNC(=O)C(C)NC(=O)c1ccc(Br)s1)C(=O)O. The molecule has 0 aliphatic rings. The van der Waals surface area contributed by atoms with Crippen LogP contribution < -0.4 is 10.6 Å². The Balaban J connectivity index is 2.47. The molecule has 0 saturated carbocycles. The number of carbonyl (C=O) groups is 3. The van der Waals surface area contributed by atoms with Gasteiger partial charge in [0.1, 0.15) is 6.04 Å². The van der Waals surface area contributed by atoms with Gasteiger partial charge in [-0.05, 0) is 41.4 Å². The molecule has 0 radical (unpaired) electrons. The lowest BCUT2D eigenvalue weighted by molar-refractivity contribution is -0.142. The van der Waals surface area contributed by atoms with Gasteiger partial charge < -0.3 is 15.7 Å². The number of halogens is 1. The van der Waals surface area contributed by atoms with Crippen LogP contribution in [0.3, 0.4) is 0 Å². The Morgan fingerprint density at radius 1 is 1.36 bits per heavy atom. The van der Waals surface area contributed by atoms with Gasteiger partial charge in [0.25, 0.3) is 5.91 Å². The largest absolute Gasteiger partial charge is 0.481 e. The molecule has 2 unspecified atom stereocenters. The molecular formula is C14H19BrN2O4S. The van der Waals surface area contributed by atoms with E-state index in [0.29, 0.717) is 11.3 Å². The Hall–Kier alpha value is -1.41. The molecule has 8 heteroatoms. The molecule has 22 heavy (non-hydrogen) atoms. The van der Waals surface area contributed by atoms with E-state index in [1.54, 1.807) is 19.1 Å². The van der Waals surface area contributed by atoms with E-state index >= 15 is 0 Å². The van der Waals surface area contributed by atoms with Crippen molar-refractivity contribution in [2.24, 2.45) is 5.92 Å². The molecule has 1 aromatic rings. The minimum Gasteiger partial charge on any atom is -0.481 e. The van der Waals surface area contributed by atoms with Crippen LogP contribution in [0.15, 0.2) is 15.9 Å². The summed E-state index contributed by atoms with van der Waals surface area (Å²) in [5.41, 5.74) is 0. The topological polar surface area (TPSA) is 95.5 Å². The number of amides is 2. The molecule has 6 nitrogen and oxygen atoms in total. The number of rotatable bonds is 8. The van der Waals surface area contributed by atoms with Gasteiger partial charge in [-0.2, -0.15) is 0 Å². The van der Waals surface area contributed by atoms with Gasteiger partial charge in [0.15, 0.2) is 0 Å². The van der Waals surface area contributed by atoms with Crippen molar-refractivity contribution in [3.05, 3.63) is 20.8 Å². The minimum absolute atomic E-state index is 0.0623. The van der Waals surface area contributed by atoms with Crippen LogP contribution >= 0.6 is 27.3 Å². The standard InChI is InChI=1S/C14H19BrN2O4S/c1-3-4-9(14(20)21)7-16-12(18)8(2)17-13(19)10-5-6-11(15)22-10/h5-6,8-9H,3-4,7H2,1-2H3,(H,16,18)(H,17,19)(H,20,21). The summed E-state index contributed by atoms with van der Waals surface area (Å²) in [6, 6.07) is 2.69. The highest BCUT2D eigenvalue weighted by Gasteiger charge is 2.21. The lowest BCUT2D eigenvalue weighted by Crippen LogP contribution is -2.46. The van der Waals surface area contributed by atoms with Crippen molar-refractivity contribution >= 4 is 45.1 Å². The van der Waals surface area contributed by atoms with Gasteiger partial charge in [0.05, 0.1) is 14.6 Å². The summed E-state index contributed by atoms with van der Waals surface area (Å²) in [7, 11) is 0. The van der Waals surface area contributed by atoms with Crippen molar-refractivity contribution in [1.29, 1.82) is 0 Å². The Morgan fingerprint density at radius 3 is 2.55 bits per heavy atom. The summed E-state index contributed by atoms with van der Waals surface area (Å²) in [5.74, 6) is -2.26. The third-order valence-corrected chi connectivity index (χ3v) is 4.67. The van der Waals surface area contributed by atoms with Crippen LogP contribution in [-0.2, 0) is 9.59 Å². The molecule has 0 fully saturated rings. The fraction of sp³-hybridized carbons (Fsp3) is 0.500. The second-order valence-corrected chi connectivity index (χ2v) is 7.33. The van der Waals surface area contributed by atoms with Crippen LogP contribution in [-0.4, -0.2) is 35.5 Å². The number of carboxylic acids is 1. The zero-order valence-electron chi connectivity index (χ0n) is 12.4. The maximum atomic E-state index is 11.9. The molecule has 2 amide bonds. The van der Waals surface area contributed by atoms with Crippen LogP contribution in [0.5, 0.6) is 0 Å². The molecule has 0 aliphatic carbocycles. The van der Waals surface area contributed by atoms with Crippen molar-refractivity contribution in [3.63, 3.8) is 0 Å². The van der Waals surface area contributed by atoms with Crippen molar-refractivity contribution in [2.45, 2.75) is 32.7 Å². The molecule has 0 aliphatic heterocycles. The summed E-state index contributed by atoms with van der Waals surface area (Å²) in [6.07, 6.45) is 1.23. The first-order valence-electron chi connectivity index (χ1n) is 6.91. The predicted molar refractivity (Wildman–Crippen MR) is 88.0 cm³/mol. The maximum absolute atomic E-state index is 11.9. The average Bonchev–Trinajstić information content (AvgIpc) is 2.89. The summed E-state index contributed by atoms with van der Waals surface area (Å²) in [4.78, 5) is 35.4. The van der Waals surface area contributed by atoms with Gasteiger partial charge >= 0.3 is 5.97 Å². The average molecular weight is 391 g/mol. The molecule has 3 N–H and O–H groups in total. The normalized spacial score (nSPS) is 13.2. The fourth-order valence-corrected chi connectivity index (χ4v) is 3.10. The molecular weight excluding hydrogens is 372 g/mol. The number of hydrogen-bond acceptors (Lipinski definition) is 4. The second kappa shape index (κ2) is 8.89. The van der Waals surface area contributed by atoms with E-state index in [1.807, 2.05) is 6.92 Å². The van der Waals surface area contributed by atoms with E-state index in [2.05, 4.69) is 26.6 Å². The van der Waals surface area contributed by atoms with E-state index in [-0.39, 0.29) is 12.5 Å². The number of carbonyl (C=O) groups excluding carboxylic acids is 2. The Bertz CT molecular complexity index is 547. The predicted octanol–water partition coefficient (Wildman–Crippen LogP) is 2.25. The maximum Gasteiger partial charge on any atom is 0.308 e. The highest BCUT2D eigenvalue weighted by atomic mass is 79.9. The summed E-state index contributed by atoms with van der Waals surface area (Å²) in [6.45, 7) is 3.51. The van der Waals surface area contributed by atoms with Gasteiger partial charge in [-0.25, -0.2) is 0 Å². The summed E-state index contributed by atoms with van der Waals surface area (Å²) in [5, 5.41) is 14.2. The number of aliphatic carboxylic acids is 1. The Morgan fingerprint density at radius 2 is 2.05 bits per heavy atom. The van der Waals surface area contributed by atoms with E-state index in [9.17, 15) is 14.4 Å². The first-order chi connectivity index (χ1) is 10.3. The first-order valence-corrected chi connectivity index (χ1v) is 8.52. The smallest absolute Gasteiger partial charge is 0.308 e. The number of carboxylic acid groups (broad SMARTS) is 1. The quantitative estimate of drug-likeness (QED) is 0.634. The molecule has 0 spiro atoms. The van der Waals surface area contributed by atoms with E-state index in [0.717, 1.165) is 10.2 Å². The van der Waals surface area contributed by atoms with Gasteiger partial charge in [-0.15, -0.1) is 11.3 Å². The highest BCUT2D eigenvalue weighted by Crippen LogP contribution is 2.21. The molecule has 0 saturated heterocycles. The second-order valence-electron chi connectivity index (χ2n) is 4.87. The molecule has 1 aromatic heterocycles. The summed E-state index contributed by atoms with van der Waals surface area (Å²) < 4.78 is 0.832. The monoisotopic (exact) mass is 390 g/mol. The van der Waals surface area contributed by atoms with Gasteiger partial charge in [0, 0.05) is 6.54 Å². The Labute approximate surface area is 141 Å². The summed E-state index contributed by atoms with van der Waals surface area (Å²) >= 11 is 4.54. The number of hydrogen-bond donors (Lipinski definition) is 3. The van der Waals surface area contributed by atoms with Crippen molar-refractivity contribution in [2.75, 3.05) is 6.54 Å². The molecule has 1 heterocycles. The van der Waals surface area contributed by atoms with Crippen molar-refractivity contribution in [1.82, 2.24) is 10.6 Å². The molecule has 122 valence electrons. The van der Waals surface area contributed by atoms with Crippen molar-refractivity contribution in [3.8, 4) is 0 Å². The van der Waals surface area contributed by atoms with Gasteiger partial charge in [-0.3, -0.25) is 14.4 Å². The fourth-order valence-electron chi connectivity index (χ4n) is 1.81. The minimum atomic E-state index is -0.928. The van der Waals surface area contributed by atoms with Crippen LogP contribution in [0.1, 0.15) is 36.4 Å². The van der Waals surface area contributed by atoms with E-state index in [1.165, 1.54) is 11.3 Å². The van der Waals surface area contributed by atoms with Crippen LogP contribution in [0.4, 0.5) is 0 Å². The zero-order valence-corrected chi connectivity index (χ0v) is 14.8. The highest BCUT2D eigenvalue weighted by molar-refractivity contribution is 9.11. The van der Waals surface area contributed by atoms with E-state index in [4.69, 9.17) is 5.11 Å². The molecule has 2 atom stereocenters. The number of thiophene rings is 1. The molecule has 0 aromatic carbocycles. The lowest BCUT2D eigenvalue weighted by Gasteiger charge is -2.16. The molecule has 1 rings (SSSR count). The van der Waals surface area contributed by atoms with Crippen LogP contribution in [0.2, 0.25) is 0 Å². The third-order valence-electron chi connectivity index (χ3n) is 3.05. The van der Waals surface area contributed by atoms with E-state index < -0.39 is 23.8 Å². The van der Waals surface area contributed by atoms with Crippen LogP contribution in [0.25, 0.3) is 0 Å². The lowest BCUT2D eigenvalue weighted by atomic mass is 10.0. The third kappa shape index (κ3) is 5.76. The van der Waals surface area contributed by atoms with Crippen LogP contribution in [0, 0.1) is 5.92 Å².